The Kier molecular flexibility index (Phi) is 5.08. The van der Waals surface area contributed by atoms with Gasteiger partial charge in [0.2, 0.25) is 5.91 Å². The van der Waals surface area contributed by atoms with E-state index in [1.54, 1.807) is 24.3 Å². The number of fused-ring (bicyclic) bond motifs is 2. The highest BCUT2D eigenvalue weighted by molar-refractivity contribution is 6.31. The van der Waals surface area contributed by atoms with Crippen molar-refractivity contribution in [2.75, 3.05) is 6.54 Å². The average Bonchev–Trinajstić information content (AvgIpc) is 3.10. The lowest BCUT2D eigenvalue weighted by molar-refractivity contribution is -0.121. The minimum absolute atomic E-state index is 0.142. The summed E-state index contributed by atoms with van der Waals surface area (Å²) in [7, 11) is 0. The Morgan fingerprint density at radius 2 is 1.96 bits per heavy atom. The van der Waals surface area contributed by atoms with Crippen LogP contribution in [0.25, 0.3) is 21.8 Å². The van der Waals surface area contributed by atoms with Gasteiger partial charge in [0.1, 0.15) is 5.52 Å². The zero-order valence-electron chi connectivity index (χ0n) is 15.0. The summed E-state index contributed by atoms with van der Waals surface area (Å²) in [6, 6.07) is 14.8. The number of carbonyl (C=O) groups is 1. The Morgan fingerprint density at radius 3 is 2.86 bits per heavy atom. The van der Waals surface area contributed by atoms with Crippen LogP contribution in [-0.4, -0.2) is 32.0 Å². The van der Waals surface area contributed by atoms with Gasteiger partial charge in [-0.25, -0.2) is 4.68 Å². The van der Waals surface area contributed by atoms with Crippen LogP contribution in [0.15, 0.2) is 59.5 Å². The number of halogens is 1. The van der Waals surface area contributed by atoms with Crippen LogP contribution in [0.1, 0.15) is 6.42 Å². The molecule has 8 heteroatoms. The predicted molar refractivity (Wildman–Crippen MR) is 108 cm³/mol. The lowest BCUT2D eigenvalue weighted by Crippen LogP contribution is -2.31. The monoisotopic (exact) mass is 395 g/mol. The Balaban J connectivity index is 1.33. The van der Waals surface area contributed by atoms with Gasteiger partial charge in [0.05, 0.1) is 11.9 Å². The number of aromatic nitrogens is 4. The Morgan fingerprint density at radius 1 is 1.11 bits per heavy atom. The lowest BCUT2D eigenvalue weighted by atomic mass is 10.2. The summed E-state index contributed by atoms with van der Waals surface area (Å²) in [6.07, 6.45) is 2.13. The molecule has 0 saturated heterocycles. The second-order valence-corrected chi connectivity index (χ2v) is 6.88. The number of nitrogens with zero attached hydrogens (tertiary/aromatic N) is 4. The molecule has 2 aromatic carbocycles. The standard InChI is InChI=1S/C20H18ClN5O2/c21-15-6-5-14-7-10-25(18(14)13-15)12-9-22-19(27)8-11-26-20(28)16-3-1-2-4-17(16)23-24-26/h1-7,10,13H,8-9,11-12H2,(H,22,27). The summed E-state index contributed by atoms with van der Waals surface area (Å²) in [4.78, 5) is 24.5. The molecule has 0 unspecified atom stereocenters. The molecular weight excluding hydrogens is 378 g/mol. The summed E-state index contributed by atoms with van der Waals surface area (Å²) in [5.74, 6) is -0.142. The molecule has 1 N–H and O–H groups in total. The summed E-state index contributed by atoms with van der Waals surface area (Å²) >= 11 is 6.06. The second-order valence-electron chi connectivity index (χ2n) is 6.45. The highest BCUT2D eigenvalue weighted by Crippen LogP contribution is 2.20. The van der Waals surface area contributed by atoms with E-state index in [4.69, 9.17) is 11.6 Å². The van der Waals surface area contributed by atoms with Crippen LogP contribution < -0.4 is 10.9 Å². The molecule has 4 aromatic rings. The van der Waals surface area contributed by atoms with Crippen molar-refractivity contribution in [2.24, 2.45) is 0 Å². The second kappa shape index (κ2) is 7.82. The van der Waals surface area contributed by atoms with Crippen molar-refractivity contribution in [1.29, 1.82) is 0 Å². The van der Waals surface area contributed by atoms with Crippen molar-refractivity contribution >= 4 is 39.3 Å². The van der Waals surface area contributed by atoms with Crippen molar-refractivity contribution in [1.82, 2.24) is 24.9 Å². The Labute approximate surface area is 165 Å². The first-order valence-corrected chi connectivity index (χ1v) is 9.33. The molecule has 142 valence electrons. The maximum Gasteiger partial charge on any atom is 0.277 e. The van der Waals surface area contributed by atoms with Crippen molar-refractivity contribution in [3.63, 3.8) is 0 Å². The highest BCUT2D eigenvalue weighted by Gasteiger charge is 2.08. The molecule has 4 rings (SSSR count). The molecule has 7 nitrogen and oxygen atoms in total. The topological polar surface area (TPSA) is 81.8 Å². The number of hydrogen-bond donors (Lipinski definition) is 1. The number of aryl methyl sites for hydroxylation is 1. The number of rotatable bonds is 6. The SMILES string of the molecule is O=C(CCn1nnc2ccccc2c1=O)NCCn1ccc2ccc(Cl)cc21. The minimum Gasteiger partial charge on any atom is -0.354 e. The van der Waals surface area contributed by atoms with Gasteiger partial charge in [-0.1, -0.05) is 35.0 Å². The molecule has 0 atom stereocenters. The van der Waals surface area contributed by atoms with E-state index < -0.39 is 0 Å². The van der Waals surface area contributed by atoms with Crippen LogP contribution >= 0.6 is 11.6 Å². The van der Waals surface area contributed by atoms with E-state index in [1.807, 2.05) is 35.0 Å². The van der Waals surface area contributed by atoms with Gasteiger partial charge in [-0.05, 0) is 35.7 Å². The molecule has 28 heavy (non-hydrogen) atoms. The zero-order chi connectivity index (χ0) is 19.5. The number of carbonyl (C=O) groups excluding carboxylic acids is 1. The van der Waals surface area contributed by atoms with E-state index in [-0.39, 0.29) is 24.4 Å². The first-order valence-electron chi connectivity index (χ1n) is 8.95. The molecule has 0 saturated carbocycles. The fourth-order valence-electron chi connectivity index (χ4n) is 3.13. The van der Waals surface area contributed by atoms with Crippen LogP contribution in [-0.2, 0) is 17.9 Å². The molecule has 0 spiro atoms. The maximum atomic E-state index is 12.4. The molecule has 0 bridgehead atoms. The van der Waals surface area contributed by atoms with Crippen molar-refractivity contribution in [2.45, 2.75) is 19.5 Å². The summed E-state index contributed by atoms with van der Waals surface area (Å²) < 4.78 is 3.27. The molecule has 2 aromatic heterocycles. The first kappa shape index (κ1) is 18.2. The largest absolute Gasteiger partial charge is 0.354 e. The van der Waals surface area contributed by atoms with Crippen LogP contribution in [0, 0.1) is 0 Å². The number of amides is 1. The molecule has 0 aliphatic carbocycles. The molecule has 0 aliphatic heterocycles. The molecule has 0 fully saturated rings. The van der Waals surface area contributed by atoms with Crippen molar-refractivity contribution in [3.05, 3.63) is 70.1 Å². The Bertz CT molecular complexity index is 1210. The third kappa shape index (κ3) is 3.75. The van der Waals surface area contributed by atoms with Gasteiger partial charge in [-0.2, -0.15) is 0 Å². The minimum atomic E-state index is -0.242. The van der Waals surface area contributed by atoms with Gasteiger partial charge in [0, 0.05) is 36.2 Å². The number of nitrogens with one attached hydrogen (secondary N) is 1. The van der Waals surface area contributed by atoms with Crippen LogP contribution in [0.3, 0.4) is 0 Å². The quantitative estimate of drug-likeness (QED) is 0.544. The third-order valence-corrected chi connectivity index (χ3v) is 4.83. The first-order chi connectivity index (χ1) is 13.6. The highest BCUT2D eigenvalue weighted by atomic mass is 35.5. The third-order valence-electron chi connectivity index (χ3n) is 4.59. The number of benzene rings is 2. The van der Waals surface area contributed by atoms with E-state index in [2.05, 4.69) is 15.6 Å². The lowest BCUT2D eigenvalue weighted by Gasteiger charge is -2.08. The zero-order valence-corrected chi connectivity index (χ0v) is 15.8. The van der Waals surface area contributed by atoms with Crippen LogP contribution in [0.4, 0.5) is 0 Å². The molecule has 0 aliphatic rings. The van der Waals surface area contributed by atoms with Crippen molar-refractivity contribution < 1.29 is 4.79 Å². The summed E-state index contributed by atoms with van der Waals surface area (Å²) in [6.45, 7) is 1.29. The van der Waals surface area contributed by atoms with Gasteiger partial charge in [-0.3, -0.25) is 9.59 Å². The average molecular weight is 396 g/mol. The van der Waals surface area contributed by atoms with E-state index in [0.29, 0.717) is 29.0 Å². The number of hydrogen-bond acceptors (Lipinski definition) is 4. The van der Waals surface area contributed by atoms with Gasteiger partial charge < -0.3 is 9.88 Å². The van der Waals surface area contributed by atoms with Gasteiger partial charge in [-0.15, -0.1) is 5.10 Å². The fraction of sp³-hybridized carbons (Fsp3) is 0.200. The van der Waals surface area contributed by atoms with E-state index in [0.717, 1.165) is 10.9 Å². The predicted octanol–water partition coefficient (Wildman–Crippen LogP) is 2.61. The molecule has 0 radical (unpaired) electrons. The maximum absolute atomic E-state index is 12.4. The van der Waals surface area contributed by atoms with Crippen LogP contribution in [0.2, 0.25) is 5.02 Å². The molecule has 1 amide bonds. The van der Waals surface area contributed by atoms with E-state index >= 15 is 0 Å². The van der Waals surface area contributed by atoms with E-state index in [9.17, 15) is 9.59 Å². The normalized spacial score (nSPS) is 11.2. The Hall–Kier alpha value is -3.19. The molecule has 2 heterocycles. The van der Waals surface area contributed by atoms with Gasteiger partial charge in [0.25, 0.3) is 5.56 Å². The molecular formula is C20H18ClN5O2. The fourth-order valence-corrected chi connectivity index (χ4v) is 3.30. The summed E-state index contributed by atoms with van der Waals surface area (Å²) in [5, 5.41) is 13.1. The van der Waals surface area contributed by atoms with Gasteiger partial charge >= 0.3 is 0 Å². The summed E-state index contributed by atoms with van der Waals surface area (Å²) in [5.41, 5.74) is 1.33. The van der Waals surface area contributed by atoms with E-state index in [1.165, 1.54) is 4.68 Å². The van der Waals surface area contributed by atoms with Crippen molar-refractivity contribution in [3.8, 4) is 0 Å². The van der Waals surface area contributed by atoms with Crippen LogP contribution in [0.5, 0.6) is 0 Å². The smallest absolute Gasteiger partial charge is 0.277 e. The van der Waals surface area contributed by atoms with Gasteiger partial charge in [0.15, 0.2) is 0 Å².